The number of ether oxygens (including phenoxy) is 1. The van der Waals surface area contributed by atoms with Crippen molar-refractivity contribution < 1.29 is 9.53 Å². The van der Waals surface area contributed by atoms with Crippen LogP contribution in [0.25, 0.3) is 0 Å². The van der Waals surface area contributed by atoms with Gasteiger partial charge in [-0.25, -0.2) is 0 Å². The van der Waals surface area contributed by atoms with E-state index in [-0.39, 0.29) is 0 Å². The third kappa shape index (κ3) is 2.47. The maximum Gasteiger partial charge on any atom is 0.140 e. The summed E-state index contributed by atoms with van der Waals surface area (Å²) >= 11 is 6.23. The number of fused-ring (bicyclic) bond motifs is 1. The highest BCUT2D eigenvalue weighted by Gasteiger charge is 2.19. The molecule has 2 rings (SSSR count). The Balaban J connectivity index is 2.48. The van der Waals surface area contributed by atoms with Crippen molar-refractivity contribution in [2.24, 2.45) is 0 Å². The van der Waals surface area contributed by atoms with E-state index in [0.29, 0.717) is 11.4 Å². The molecule has 3 heteroatoms. The van der Waals surface area contributed by atoms with Crippen LogP contribution in [0.15, 0.2) is 6.07 Å². The number of carbonyl (C=O) groups is 1. The van der Waals surface area contributed by atoms with Crippen molar-refractivity contribution in [1.82, 2.24) is 0 Å². The van der Waals surface area contributed by atoms with Crippen molar-refractivity contribution in [2.45, 2.75) is 38.5 Å². The summed E-state index contributed by atoms with van der Waals surface area (Å²) in [5.74, 6) is 0.758. The van der Waals surface area contributed by atoms with Gasteiger partial charge < -0.3 is 9.53 Å². The molecule has 0 saturated heterocycles. The maximum absolute atomic E-state index is 10.6. The van der Waals surface area contributed by atoms with Crippen LogP contribution >= 0.6 is 11.6 Å². The normalized spacial score (nSPS) is 14.2. The molecular formula is C14H17ClO2. The van der Waals surface area contributed by atoms with Gasteiger partial charge in [0.1, 0.15) is 12.0 Å². The van der Waals surface area contributed by atoms with Crippen LogP contribution in [0, 0.1) is 0 Å². The zero-order valence-electron chi connectivity index (χ0n) is 10.1. The fraction of sp³-hybridized carbons (Fsp3) is 0.500. The quantitative estimate of drug-likeness (QED) is 0.768. The van der Waals surface area contributed by atoms with Crippen LogP contribution in [-0.2, 0) is 24.1 Å². The minimum absolute atomic E-state index is 0.531. The molecule has 0 unspecified atom stereocenters. The van der Waals surface area contributed by atoms with Gasteiger partial charge in [-0.15, -0.1) is 0 Å². The Morgan fingerprint density at radius 3 is 2.88 bits per heavy atom. The number of methoxy groups -OCH3 is 1. The summed E-state index contributed by atoms with van der Waals surface area (Å²) in [6.07, 6.45) is 6.83. The Hall–Kier alpha value is -1.02. The summed E-state index contributed by atoms with van der Waals surface area (Å²) in [5, 5.41) is 0.675. The Labute approximate surface area is 107 Å². The van der Waals surface area contributed by atoms with Crippen LogP contribution in [-0.4, -0.2) is 13.4 Å². The van der Waals surface area contributed by atoms with Crippen molar-refractivity contribution in [3.05, 3.63) is 27.8 Å². The van der Waals surface area contributed by atoms with Crippen molar-refractivity contribution >= 4 is 17.9 Å². The SMILES string of the molecule is COc1c(Cl)cc2c(c1CCC=O)CCCC2. The van der Waals surface area contributed by atoms with E-state index in [1.807, 2.05) is 6.07 Å². The first-order valence-electron chi connectivity index (χ1n) is 6.08. The number of halogens is 1. The van der Waals surface area contributed by atoms with Crippen LogP contribution in [0.2, 0.25) is 5.02 Å². The molecule has 0 atom stereocenters. The van der Waals surface area contributed by atoms with E-state index in [4.69, 9.17) is 16.3 Å². The van der Waals surface area contributed by atoms with E-state index in [2.05, 4.69) is 0 Å². The minimum Gasteiger partial charge on any atom is -0.495 e. The number of rotatable bonds is 4. The summed E-state index contributed by atoms with van der Waals surface area (Å²) in [4.78, 5) is 10.6. The van der Waals surface area contributed by atoms with Gasteiger partial charge in [-0.3, -0.25) is 0 Å². The van der Waals surface area contributed by atoms with Crippen LogP contribution in [0.5, 0.6) is 5.75 Å². The number of aryl methyl sites for hydroxylation is 1. The Kier molecular flexibility index (Phi) is 4.06. The molecular weight excluding hydrogens is 236 g/mol. The summed E-state index contributed by atoms with van der Waals surface area (Å²) in [7, 11) is 1.64. The Bertz CT molecular complexity index is 427. The zero-order valence-corrected chi connectivity index (χ0v) is 10.8. The Morgan fingerprint density at radius 1 is 1.41 bits per heavy atom. The van der Waals surface area contributed by atoms with E-state index < -0.39 is 0 Å². The fourth-order valence-electron chi connectivity index (χ4n) is 2.62. The topological polar surface area (TPSA) is 26.3 Å². The molecule has 0 radical (unpaired) electrons. The lowest BCUT2D eigenvalue weighted by Gasteiger charge is -2.22. The molecule has 17 heavy (non-hydrogen) atoms. The molecule has 0 N–H and O–H groups in total. The average molecular weight is 253 g/mol. The molecule has 92 valence electrons. The molecule has 0 aliphatic heterocycles. The number of benzene rings is 1. The van der Waals surface area contributed by atoms with Gasteiger partial charge in [0.15, 0.2) is 0 Å². The van der Waals surface area contributed by atoms with Crippen molar-refractivity contribution in [1.29, 1.82) is 0 Å². The van der Waals surface area contributed by atoms with Gasteiger partial charge in [0.2, 0.25) is 0 Å². The first kappa shape index (κ1) is 12.4. The molecule has 0 heterocycles. The van der Waals surface area contributed by atoms with Crippen LogP contribution < -0.4 is 4.74 Å². The molecule has 1 aliphatic carbocycles. The van der Waals surface area contributed by atoms with Crippen LogP contribution in [0.4, 0.5) is 0 Å². The monoisotopic (exact) mass is 252 g/mol. The molecule has 2 nitrogen and oxygen atoms in total. The average Bonchev–Trinajstić information content (AvgIpc) is 2.35. The van der Waals surface area contributed by atoms with E-state index in [0.717, 1.165) is 36.9 Å². The van der Waals surface area contributed by atoms with Gasteiger partial charge in [0.25, 0.3) is 0 Å². The summed E-state index contributed by atoms with van der Waals surface area (Å²) in [6, 6.07) is 2.03. The van der Waals surface area contributed by atoms with E-state index in [1.165, 1.54) is 24.0 Å². The first-order chi connectivity index (χ1) is 8.27. The zero-order chi connectivity index (χ0) is 12.3. The molecule has 0 bridgehead atoms. The van der Waals surface area contributed by atoms with E-state index in [9.17, 15) is 4.79 Å². The fourth-order valence-corrected chi connectivity index (χ4v) is 2.94. The van der Waals surface area contributed by atoms with Gasteiger partial charge in [0.05, 0.1) is 12.1 Å². The second-order valence-electron chi connectivity index (χ2n) is 4.42. The summed E-state index contributed by atoms with van der Waals surface area (Å²) < 4.78 is 5.39. The van der Waals surface area contributed by atoms with E-state index >= 15 is 0 Å². The molecule has 0 fully saturated rings. The van der Waals surface area contributed by atoms with Crippen LogP contribution in [0.3, 0.4) is 0 Å². The maximum atomic E-state index is 10.6. The smallest absolute Gasteiger partial charge is 0.140 e. The van der Waals surface area contributed by atoms with Crippen molar-refractivity contribution in [3.63, 3.8) is 0 Å². The largest absolute Gasteiger partial charge is 0.495 e. The second kappa shape index (κ2) is 5.54. The van der Waals surface area contributed by atoms with Gasteiger partial charge in [-0.05, 0) is 54.9 Å². The predicted octanol–water partition coefficient (Wildman–Crippen LogP) is 3.36. The molecule has 0 aromatic heterocycles. The standard InChI is InChI=1S/C14H17ClO2/c1-17-14-12(7-4-8-16)11-6-3-2-5-10(11)9-13(14)15/h8-9H,2-7H2,1H3. The summed E-state index contributed by atoms with van der Waals surface area (Å²) in [6.45, 7) is 0. The third-order valence-corrected chi connectivity index (χ3v) is 3.66. The minimum atomic E-state index is 0.531. The number of carbonyl (C=O) groups excluding carboxylic acids is 1. The van der Waals surface area contributed by atoms with Gasteiger partial charge in [0, 0.05) is 6.42 Å². The molecule has 1 aliphatic rings. The van der Waals surface area contributed by atoms with Gasteiger partial charge in [-0.1, -0.05) is 11.6 Å². The van der Waals surface area contributed by atoms with E-state index in [1.54, 1.807) is 7.11 Å². The lowest BCUT2D eigenvalue weighted by atomic mass is 9.86. The molecule has 0 saturated carbocycles. The summed E-state index contributed by atoms with van der Waals surface area (Å²) in [5.41, 5.74) is 3.84. The highest BCUT2D eigenvalue weighted by Crippen LogP contribution is 2.37. The molecule has 1 aromatic rings. The number of aldehydes is 1. The van der Waals surface area contributed by atoms with Crippen molar-refractivity contribution in [3.8, 4) is 5.75 Å². The van der Waals surface area contributed by atoms with Gasteiger partial charge >= 0.3 is 0 Å². The van der Waals surface area contributed by atoms with Crippen LogP contribution in [0.1, 0.15) is 36.0 Å². The Morgan fingerprint density at radius 2 is 2.18 bits per heavy atom. The number of hydrogen-bond donors (Lipinski definition) is 0. The number of hydrogen-bond acceptors (Lipinski definition) is 2. The first-order valence-corrected chi connectivity index (χ1v) is 6.46. The highest BCUT2D eigenvalue weighted by molar-refractivity contribution is 6.32. The lowest BCUT2D eigenvalue weighted by molar-refractivity contribution is -0.107. The second-order valence-corrected chi connectivity index (χ2v) is 4.83. The lowest BCUT2D eigenvalue weighted by Crippen LogP contribution is -2.09. The third-order valence-electron chi connectivity index (χ3n) is 3.38. The predicted molar refractivity (Wildman–Crippen MR) is 69.0 cm³/mol. The molecule has 1 aromatic carbocycles. The molecule has 0 spiro atoms. The van der Waals surface area contributed by atoms with Gasteiger partial charge in [-0.2, -0.15) is 0 Å². The van der Waals surface area contributed by atoms with Crippen molar-refractivity contribution in [2.75, 3.05) is 7.11 Å². The molecule has 0 amide bonds. The highest BCUT2D eigenvalue weighted by atomic mass is 35.5.